The molecular weight excluding hydrogens is 517 g/mol. The monoisotopic (exact) mass is 544 g/mol. The molecule has 0 aliphatic heterocycles. The van der Waals surface area contributed by atoms with Gasteiger partial charge in [-0.05, 0) is 48.6 Å². The molecule has 3 heterocycles. The van der Waals surface area contributed by atoms with Crippen LogP contribution in [0.2, 0.25) is 0 Å². The van der Waals surface area contributed by atoms with Gasteiger partial charge >= 0.3 is 0 Å². The molecule has 0 bridgehead atoms. The summed E-state index contributed by atoms with van der Waals surface area (Å²) in [5, 5.41) is 35.9. The second-order valence-corrected chi connectivity index (χ2v) is 9.89. The third-order valence-corrected chi connectivity index (χ3v) is 7.11. The quantitative estimate of drug-likeness (QED) is 0.210. The van der Waals surface area contributed by atoms with E-state index < -0.39 is 12.0 Å². The number of benzene rings is 2. The molecule has 1 aliphatic rings. The highest BCUT2D eigenvalue weighted by Gasteiger charge is 2.27. The summed E-state index contributed by atoms with van der Waals surface area (Å²) in [5.41, 5.74) is 3.63. The Bertz CT molecular complexity index is 1840. The topological polar surface area (TPSA) is 128 Å². The van der Waals surface area contributed by atoms with Crippen molar-refractivity contribution in [3.05, 3.63) is 107 Å². The van der Waals surface area contributed by atoms with E-state index in [2.05, 4.69) is 43.1 Å². The van der Waals surface area contributed by atoms with Crippen molar-refractivity contribution in [3.8, 4) is 12.1 Å². The van der Waals surface area contributed by atoms with Gasteiger partial charge in [0.25, 0.3) is 0 Å². The van der Waals surface area contributed by atoms with Gasteiger partial charge in [0.05, 0.1) is 48.0 Å². The molecule has 2 aromatic carbocycles. The number of rotatable bonds is 9. The SMILES string of the molecule is [2H][C@](Nc1cc(C#N)c2ncc(C#N)c(N[C@H](CC)c3ccccc3)c2c1)(c1ccc(F)nc1)c1cn(C2CC2)nn1. The predicted octanol–water partition coefficient (Wildman–Crippen LogP) is 6.20. The van der Waals surface area contributed by atoms with Crippen LogP contribution in [0.3, 0.4) is 0 Å². The van der Waals surface area contributed by atoms with Gasteiger partial charge in [-0.15, -0.1) is 5.10 Å². The molecule has 41 heavy (non-hydrogen) atoms. The Balaban J connectivity index is 1.49. The Kier molecular flexibility index (Phi) is 6.64. The average molecular weight is 545 g/mol. The Hall–Kier alpha value is -5.35. The van der Waals surface area contributed by atoms with Gasteiger partial charge in [0.1, 0.15) is 17.8 Å². The normalized spacial score (nSPS) is 15.3. The van der Waals surface area contributed by atoms with Gasteiger partial charge in [0.2, 0.25) is 5.95 Å². The van der Waals surface area contributed by atoms with E-state index in [0.29, 0.717) is 39.1 Å². The van der Waals surface area contributed by atoms with Crippen molar-refractivity contribution in [2.24, 2.45) is 0 Å². The van der Waals surface area contributed by atoms with Crippen LogP contribution in [0.5, 0.6) is 0 Å². The third-order valence-electron chi connectivity index (χ3n) is 7.11. The fourth-order valence-corrected chi connectivity index (χ4v) is 4.84. The van der Waals surface area contributed by atoms with Crippen LogP contribution >= 0.6 is 0 Å². The van der Waals surface area contributed by atoms with Crippen molar-refractivity contribution in [1.29, 1.82) is 10.5 Å². The van der Waals surface area contributed by atoms with Crippen LogP contribution in [-0.2, 0) is 0 Å². The van der Waals surface area contributed by atoms with E-state index in [1.807, 2.05) is 37.3 Å². The van der Waals surface area contributed by atoms with E-state index in [0.717, 1.165) is 24.8 Å². The number of pyridine rings is 2. The number of nitrogens with one attached hydrogen (secondary N) is 2. The lowest BCUT2D eigenvalue weighted by atomic mass is 10.0. The minimum absolute atomic E-state index is 0.107. The van der Waals surface area contributed by atoms with E-state index in [1.54, 1.807) is 23.0 Å². The number of anilines is 2. The molecule has 2 N–H and O–H groups in total. The fraction of sp³-hybridized carbons (Fsp3) is 0.226. The number of nitrogens with zero attached hydrogens (tertiary/aromatic N) is 7. The Labute approximate surface area is 237 Å². The predicted molar refractivity (Wildman–Crippen MR) is 152 cm³/mol. The summed E-state index contributed by atoms with van der Waals surface area (Å²) in [6.45, 7) is 2.05. The molecule has 2 atom stereocenters. The number of hydrogen-bond donors (Lipinski definition) is 2. The van der Waals surface area contributed by atoms with Crippen molar-refractivity contribution in [3.63, 3.8) is 0 Å². The van der Waals surface area contributed by atoms with Gasteiger partial charge in [0, 0.05) is 23.5 Å². The summed E-state index contributed by atoms with van der Waals surface area (Å²) in [6.07, 6.45) is 7.17. The molecule has 0 unspecified atom stereocenters. The Morgan fingerprint density at radius 3 is 2.51 bits per heavy atom. The maximum absolute atomic E-state index is 13.8. The molecule has 3 aromatic heterocycles. The number of halogens is 1. The standard InChI is InChI=1S/C31H26FN9/c1-2-26(19-6-4-3-5-7-19)38-30-22(15-34)17-36-29-21(14-33)12-23(13-25(29)30)37-31(20-8-11-28(32)35-16-20)27-18-41(40-39-27)24-9-10-24/h3-8,11-13,16-18,24,26,31,37H,2,9-10H2,1H3,(H,36,38)/t26-,31+/m1/s1/i31D. The molecule has 1 fully saturated rings. The van der Waals surface area contributed by atoms with E-state index in [4.69, 9.17) is 0 Å². The summed E-state index contributed by atoms with van der Waals surface area (Å²) in [5.74, 6) is -0.671. The molecule has 9 nitrogen and oxygen atoms in total. The first-order chi connectivity index (χ1) is 20.4. The van der Waals surface area contributed by atoms with Crippen LogP contribution in [0.1, 0.15) is 73.6 Å². The van der Waals surface area contributed by atoms with Crippen LogP contribution < -0.4 is 10.6 Å². The number of nitriles is 2. The summed E-state index contributed by atoms with van der Waals surface area (Å²) >= 11 is 0. The fourth-order valence-electron chi connectivity index (χ4n) is 4.84. The summed E-state index contributed by atoms with van der Waals surface area (Å²) in [4.78, 5) is 8.21. The van der Waals surface area contributed by atoms with Gasteiger partial charge in [-0.3, -0.25) is 4.98 Å². The molecule has 5 aromatic rings. The molecule has 10 heteroatoms. The zero-order valence-corrected chi connectivity index (χ0v) is 22.2. The second-order valence-electron chi connectivity index (χ2n) is 9.89. The van der Waals surface area contributed by atoms with E-state index >= 15 is 0 Å². The van der Waals surface area contributed by atoms with E-state index in [9.17, 15) is 16.3 Å². The highest BCUT2D eigenvalue weighted by Crippen LogP contribution is 2.37. The number of hydrogen-bond acceptors (Lipinski definition) is 8. The van der Waals surface area contributed by atoms with Crippen LogP contribution in [0, 0.1) is 28.6 Å². The van der Waals surface area contributed by atoms with Gasteiger partial charge in [0.15, 0.2) is 0 Å². The summed E-state index contributed by atoms with van der Waals surface area (Å²) < 4.78 is 25.1. The van der Waals surface area contributed by atoms with Crippen LogP contribution in [0.15, 0.2) is 73.2 Å². The lowest BCUT2D eigenvalue weighted by Gasteiger charge is -2.22. The first kappa shape index (κ1) is 24.7. The first-order valence-corrected chi connectivity index (χ1v) is 13.3. The zero-order chi connectivity index (χ0) is 29.3. The van der Waals surface area contributed by atoms with Crippen LogP contribution in [0.25, 0.3) is 10.9 Å². The first-order valence-electron chi connectivity index (χ1n) is 13.8. The van der Waals surface area contributed by atoms with Crippen LogP contribution in [-0.4, -0.2) is 25.0 Å². The molecule has 0 amide bonds. The molecular formula is C31H26FN9. The van der Waals surface area contributed by atoms with Crippen molar-refractivity contribution in [1.82, 2.24) is 25.0 Å². The number of aromatic nitrogens is 5. The van der Waals surface area contributed by atoms with Crippen molar-refractivity contribution in [2.45, 2.75) is 44.3 Å². The van der Waals surface area contributed by atoms with Crippen LogP contribution in [0.4, 0.5) is 15.8 Å². The van der Waals surface area contributed by atoms with E-state index in [-0.39, 0.29) is 17.6 Å². The Morgan fingerprint density at radius 2 is 1.83 bits per heavy atom. The van der Waals surface area contributed by atoms with Crippen molar-refractivity contribution < 1.29 is 5.76 Å². The molecule has 0 radical (unpaired) electrons. The van der Waals surface area contributed by atoms with Gasteiger partial charge < -0.3 is 10.6 Å². The molecule has 1 aliphatic carbocycles. The molecule has 6 rings (SSSR count). The number of fused-ring (bicyclic) bond motifs is 1. The lowest BCUT2D eigenvalue weighted by molar-refractivity contribution is 0.581. The largest absolute Gasteiger partial charge is 0.377 e. The maximum Gasteiger partial charge on any atom is 0.212 e. The summed E-state index contributed by atoms with van der Waals surface area (Å²) in [6, 6.07) is 18.8. The molecule has 1 saturated carbocycles. The minimum Gasteiger partial charge on any atom is -0.377 e. The summed E-state index contributed by atoms with van der Waals surface area (Å²) in [7, 11) is 0. The Morgan fingerprint density at radius 1 is 1.02 bits per heavy atom. The highest BCUT2D eigenvalue weighted by atomic mass is 19.1. The molecule has 202 valence electrons. The van der Waals surface area contributed by atoms with E-state index in [1.165, 1.54) is 24.5 Å². The highest BCUT2D eigenvalue weighted by molar-refractivity contribution is 5.99. The minimum atomic E-state index is -1.72. The third kappa shape index (κ3) is 5.28. The molecule has 0 spiro atoms. The molecule has 0 saturated heterocycles. The van der Waals surface area contributed by atoms with Crippen molar-refractivity contribution in [2.75, 3.05) is 10.6 Å². The van der Waals surface area contributed by atoms with Gasteiger partial charge in [-0.2, -0.15) is 14.9 Å². The van der Waals surface area contributed by atoms with Gasteiger partial charge in [-0.25, -0.2) is 9.67 Å². The second kappa shape index (κ2) is 11.0. The average Bonchev–Trinajstić information content (AvgIpc) is 3.75. The maximum atomic E-state index is 13.8. The van der Waals surface area contributed by atoms with Crippen molar-refractivity contribution >= 4 is 22.3 Å². The zero-order valence-electron chi connectivity index (χ0n) is 23.2. The smallest absolute Gasteiger partial charge is 0.212 e. The van der Waals surface area contributed by atoms with Gasteiger partial charge in [-0.1, -0.05) is 48.5 Å². The lowest BCUT2D eigenvalue weighted by Crippen LogP contribution is -2.14.